The Hall–Kier alpha value is -3.36. The van der Waals surface area contributed by atoms with Crippen LogP contribution >= 0.6 is 11.6 Å². The van der Waals surface area contributed by atoms with Crippen LogP contribution in [0.2, 0.25) is 5.02 Å². The molecule has 34 heavy (non-hydrogen) atoms. The monoisotopic (exact) mass is 486 g/mol. The van der Waals surface area contributed by atoms with Crippen LogP contribution in [0.1, 0.15) is 32.2 Å². The first-order valence-electron chi connectivity index (χ1n) is 10.8. The molecule has 1 aliphatic heterocycles. The maximum absolute atomic E-state index is 13.2. The number of carbonyl (C=O) groups is 2. The van der Waals surface area contributed by atoms with Gasteiger partial charge in [-0.15, -0.1) is 0 Å². The zero-order valence-electron chi connectivity index (χ0n) is 18.6. The first kappa shape index (κ1) is 23.8. The van der Waals surface area contributed by atoms with Gasteiger partial charge in [-0.25, -0.2) is 9.18 Å². The summed E-state index contributed by atoms with van der Waals surface area (Å²) < 4.78 is 29.3. The van der Waals surface area contributed by atoms with Crippen LogP contribution in [0.3, 0.4) is 0 Å². The lowest BCUT2D eigenvalue weighted by Crippen LogP contribution is -2.48. The first-order chi connectivity index (χ1) is 16.4. The highest BCUT2D eigenvalue weighted by Gasteiger charge is 2.24. The number of hydrogen-bond donors (Lipinski definition) is 0. The molecule has 1 amide bonds. The summed E-state index contributed by atoms with van der Waals surface area (Å²) in [5.74, 6) is 0.395. The summed E-state index contributed by atoms with van der Waals surface area (Å²) in [5, 5.41) is 0.406. The summed E-state index contributed by atoms with van der Waals surface area (Å²) in [6, 6.07) is 14.3. The van der Waals surface area contributed by atoms with Crippen molar-refractivity contribution in [2.45, 2.75) is 13.2 Å². The number of piperazine rings is 1. The molecule has 0 bridgehead atoms. The topological polar surface area (TPSA) is 72.2 Å². The number of esters is 1. The lowest BCUT2D eigenvalue weighted by molar-refractivity contribution is 0.0590. The summed E-state index contributed by atoms with van der Waals surface area (Å²) in [6.45, 7) is 3.21. The van der Waals surface area contributed by atoms with Gasteiger partial charge in [-0.2, -0.15) is 0 Å². The number of halogens is 2. The highest BCUT2D eigenvalue weighted by molar-refractivity contribution is 6.31. The van der Waals surface area contributed by atoms with Gasteiger partial charge in [0.1, 0.15) is 23.9 Å². The number of nitrogens with zero attached hydrogens (tertiary/aromatic N) is 2. The Morgan fingerprint density at radius 2 is 1.76 bits per heavy atom. The number of amides is 1. The molecule has 0 N–H and O–H groups in total. The third-order valence-electron chi connectivity index (χ3n) is 5.60. The molecule has 2 heterocycles. The van der Waals surface area contributed by atoms with Gasteiger partial charge in [0, 0.05) is 37.7 Å². The van der Waals surface area contributed by atoms with Crippen LogP contribution in [0, 0.1) is 5.82 Å². The number of methoxy groups -OCH3 is 1. The molecule has 0 saturated carbocycles. The van der Waals surface area contributed by atoms with E-state index in [1.165, 1.54) is 19.2 Å². The van der Waals surface area contributed by atoms with Crippen LogP contribution in [-0.4, -0.2) is 55.0 Å². The van der Waals surface area contributed by atoms with Gasteiger partial charge in [0.15, 0.2) is 5.76 Å². The number of ether oxygens (including phenoxy) is 2. The van der Waals surface area contributed by atoms with Crippen LogP contribution in [0.25, 0.3) is 0 Å². The van der Waals surface area contributed by atoms with Gasteiger partial charge in [-0.3, -0.25) is 9.69 Å². The molecule has 3 aromatic rings. The fourth-order valence-corrected chi connectivity index (χ4v) is 3.91. The Morgan fingerprint density at radius 3 is 2.44 bits per heavy atom. The Labute approximate surface area is 201 Å². The average molecular weight is 487 g/mol. The van der Waals surface area contributed by atoms with Crippen LogP contribution in [0.4, 0.5) is 4.39 Å². The van der Waals surface area contributed by atoms with Crippen molar-refractivity contribution in [1.29, 1.82) is 0 Å². The molecule has 1 aromatic heterocycles. The van der Waals surface area contributed by atoms with E-state index in [0.717, 1.165) is 5.56 Å². The molecule has 2 aromatic carbocycles. The van der Waals surface area contributed by atoms with Crippen molar-refractivity contribution in [2.24, 2.45) is 0 Å². The summed E-state index contributed by atoms with van der Waals surface area (Å²) >= 11 is 6.13. The van der Waals surface area contributed by atoms with Crippen LogP contribution in [0.5, 0.6) is 5.75 Å². The molecule has 1 saturated heterocycles. The van der Waals surface area contributed by atoms with Gasteiger partial charge < -0.3 is 18.8 Å². The zero-order chi connectivity index (χ0) is 24.1. The fourth-order valence-electron chi connectivity index (χ4n) is 3.69. The minimum Gasteiger partial charge on any atom is -0.486 e. The summed E-state index contributed by atoms with van der Waals surface area (Å²) in [5.41, 5.74) is 1.29. The fraction of sp³-hybridized carbons (Fsp3) is 0.280. The molecule has 178 valence electrons. The molecule has 0 unspecified atom stereocenters. The second kappa shape index (κ2) is 10.7. The van der Waals surface area contributed by atoms with Crippen molar-refractivity contribution in [3.8, 4) is 5.75 Å². The van der Waals surface area contributed by atoms with E-state index in [1.54, 1.807) is 47.4 Å². The van der Waals surface area contributed by atoms with Gasteiger partial charge in [-0.05, 0) is 54.1 Å². The van der Waals surface area contributed by atoms with Crippen molar-refractivity contribution in [1.82, 2.24) is 9.80 Å². The lowest BCUT2D eigenvalue weighted by atomic mass is 10.2. The Balaban J connectivity index is 1.27. The third kappa shape index (κ3) is 5.76. The average Bonchev–Trinajstić information content (AvgIpc) is 3.33. The van der Waals surface area contributed by atoms with Crippen molar-refractivity contribution in [2.75, 3.05) is 33.3 Å². The van der Waals surface area contributed by atoms with E-state index in [2.05, 4.69) is 9.64 Å². The van der Waals surface area contributed by atoms with E-state index >= 15 is 0 Å². The smallest absolute Gasteiger partial charge is 0.337 e. The molecule has 4 rings (SSSR count). The van der Waals surface area contributed by atoms with Crippen molar-refractivity contribution < 1.29 is 27.9 Å². The molecule has 0 spiro atoms. The largest absolute Gasteiger partial charge is 0.486 e. The molecule has 0 radical (unpaired) electrons. The van der Waals surface area contributed by atoms with Crippen molar-refractivity contribution in [3.63, 3.8) is 0 Å². The SMILES string of the molecule is COC(=O)c1ccc(OCc2ccc(C(=O)N3CCN(Cc4ccc(F)cc4Cl)CC3)o2)cc1. The Kier molecular flexibility index (Phi) is 7.49. The molecule has 1 fully saturated rings. The van der Waals surface area contributed by atoms with Crippen LogP contribution in [-0.2, 0) is 17.9 Å². The van der Waals surface area contributed by atoms with Crippen LogP contribution < -0.4 is 4.74 Å². The van der Waals surface area contributed by atoms with E-state index in [1.807, 2.05) is 0 Å². The van der Waals surface area contributed by atoms with Crippen molar-refractivity contribution >= 4 is 23.5 Å². The second-order valence-electron chi connectivity index (χ2n) is 7.87. The molecule has 7 nitrogen and oxygen atoms in total. The molecular formula is C25H24ClFN2O5. The number of rotatable bonds is 7. The third-order valence-corrected chi connectivity index (χ3v) is 5.95. The minimum atomic E-state index is -0.416. The van der Waals surface area contributed by atoms with Crippen LogP contribution in [0.15, 0.2) is 59.0 Å². The number of hydrogen-bond acceptors (Lipinski definition) is 6. The standard InChI is InChI=1S/C25H24ClFN2O5/c1-32-25(31)17-3-6-20(7-4-17)33-16-21-8-9-23(34-21)24(30)29-12-10-28(11-13-29)15-18-2-5-19(27)14-22(18)26/h2-9,14H,10-13,15-16H2,1H3. The molecular weight excluding hydrogens is 463 g/mol. The summed E-state index contributed by atoms with van der Waals surface area (Å²) in [6.07, 6.45) is 0. The van der Waals surface area contributed by atoms with Crippen molar-refractivity contribution in [3.05, 3.63) is 88.1 Å². The maximum Gasteiger partial charge on any atom is 0.337 e. The summed E-state index contributed by atoms with van der Waals surface area (Å²) in [7, 11) is 1.33. The lowest BCUT2D eigenvalue weighted by Gasteiger charge is -2.34. The quantitative estimate of drug-likeness (QED) is 0.461. The molecule has 0 atom stereocenters. The highest BCUT2D eigenvalue weighted by atomic mass is 35.5. The van der Waals surface area contributed by atoms with Gasteiger partial charge >= 0.3 is 5.97 Å². The van der Waals surface area contributed by atoms with E-state index < -0.39 is 5.97 Å². The molecule has 0 aliphatic carbocycles. The zero-order valence-corrected chi connectivity index (χ0v) is 19.4. The second-order valence-corrected chi connectivity index (χ2v) is 8.28. The maximum atomic E-state index is 13.2. The van der Waals surface area contributed by atoms with Gasteiger partial charge in [0.05, 0.1) is 12.7 Å². The van der Waals surface area contributed by atoms with E-state index in [0.29, 0.717) is 54.8 Å². The Morgan fingerprint density at radius 1 is 1.03 bits per heavy atom. The predicted molar refractivity (Wildman–Crippen MR) is 123 cm³/mol. The number of benzene rings is 2. The van der Waals surface area contributed by atoms with E-state index in [-0.39, 0.29) is 24.1 Å². The molecule has 9 heteroatoms. The first-order valence-corrected chi connectivity index (χ1v) is 11.2. The normalized spacial score (nSPS) is 14.1. The Bertz CT molecular complexity index is 1160. The summed E-state index contributed by atoms with van der Waals surface area (Å²) in [4.78, 5) is 28.3. The number of furan rings is 1. The molecule has 1 aliphatic rings. The van der Waals surface area contributed by atoms with E-state index in [9.17, 15) is 14.0 Å². The minimum absolute atomic E-state index is 0.150. The van der Waals surface area contributed by atoms with Gasteiger partial charge in [0.25, 0.3) is 5.91 Å². The predicted octanol–water partition coefficient (Wildman–Crippen LogP) is 4.40. The van der Waals surface area contributed by atoms with Gasteiger partial charge in [-0.1, -0.05) is 17.7 Å². The van der Waals surface area contributed by atoms with Gasteiger partial charge in [0.2, 0.25) is 0 Å². The number of carbonyl (C=O) groups excluding carboxylic acids is 2. The van der Waals surface area contributed by atoms with E-state index in [4.69, 9.17) is 20.8 Å². The highest BCUT2D eigenvalue weighted by Crippen LogP contribution is 2.21.